The first-order chi connectivity index (χ1) is 9.61. The van der Waals surface area contributed by atoms with Crippen LogP contribution in [0.4, 0.5) is 17.1 Å². The van der Waals surface area contributed by atoms with Gasteiger partial charge in [0.25, 0.3) is 0 Å². The molecule has 0 atom stereocenters. The number of ether oxygens (including phenoxy) is 1. The standard InChI is InChI=1S/C16H20N2OS/c1-11(2)19-14-9-6-8-13(16(14)17)18-12-7-4-5-10-15(12)20-3/h4-11,18H,17H2,1-3H3. The van der Waals surface area contributed by atoms with E-state index in [4.69, 9.17) is 10.5 Å². The minimum atomic E-state index is 0.103. The van der Waals surface area contributed by atoms with Crippen molar-refractivity contribution in [2.75, 3.05) is 17.3 Å². The number of hydrogen-bond acceptors (Lipinski definition) is 4. The second-order valence-electron chi connectivity index (χ2n) is 4.71. The predicted octanol–water partition coefficient (Wildman–Crippen LogP) is 4.52. The second-order valence-corrected chi connectivity index (χ2v) is 5.56. The first-order valence-corrected chi connectivity index (χ1v) is 7.79. The maximum Gasteiger partial charge on any atom is 0.144 e. The SMILES string of the molecule is CSc1ccccc1Nc1cccc(OC(C)C)c1N. The maximum atomic E-state index is 6.18. The number of rotatable bonds is 5. The van der Waals surface area contributed by atoms with Crippen LogP contribution in [0.15, 0.2) is 47.4 Å². The van der Waals surface area contributed by atoms with Crippen molar-refractivity contribution in [2.24, 2.45) is 0 Å². The molecule has 0 aliphatic carbocycles. The van der Waals surface area contributed by atoms with E-state index in [0.717, 1.165) is 11.4 Å². The minimum Gasteiger partial charge on any atom is -0.489 e. The lowest BCUT2D eigenvalue weighted by Gasteiger charge is -2.16. The van der Waals surface area contributed by atoms with Gasteiger partial charge in [0.1, 0.15) is 5.75 Å². The molecule has 0 bridgehead atoms. The number of thioether (sulfide) groups is 1. The molecule has 0 radical (unpaired) electrons. The van der Waals surface area contributed by atoms with Gasteiger partial charge in [0.2, 0.25) is 0 Å². The van der Waals surface area contributed by atoms with Crippen LogP contribution < -0.4 is 15.8 Å². The molecule has 2 aromatic rings. The fourth-order valence-corrected chi connectivity index (χ4v) is 2.46. The maximum absolute atomic E-state index is 6.18. The van der Waals surface area contributed by atoms with Gasteiger partial charge in [-0.3, -0.25) is 0 Å². The highest BCUT2D eigenvalue weighted by molar-refractivity contribution is 7.98. The second kappa shape index (κ2) is 6.57. The van der Waals surface area contributed by atoms with E-state index in [1.807, 2.05) is 50.2 Å². The van der Waals surface area contributed by atoms with Gasteiger partial charge < -0.3 is 15.8 Å². The molecule has 0 amide bonds. The van der Waals surface area contributed by atoms with E-state index >= 15 is 0 Å². The molecule has 0 spiro atoms. The summed E-state index contributed by atoms with van der Waals surface area (Å²) in [6, 6.07) is 13.9. The molecule has 106 valence electrons. The zero-order chi connectivity index (χ0) is 14.5. The highest BCUT2D eigenvalue weighted by atomic mass is 32.2. The highest BCUT2D eigenvalue weighted by Crippen LogP contribution is 2.34. The average Bonchev–Trinajstić information content (AvgIpc) is 2.43. The third-order valence-electron chi connectivity index (χ3n) is 2.81. The molecule has 0 unspecified atom stereocenters. The van der Waals surface area contributed by atoms with Gasteiger partial charge in [0.05, 0.1) is 23.2 Å². The summed E-state index contributed by atoms with van der Waals surface area (Å²) in [5.74, 6) is 0.714. The van der Waals surface area contributed by atoms with Gasteiger partial charge in [-0.25, -0.2) is 0 Å². The van der Waals surface area contributed by atoms with Crippen LogP contribution in [0.3, 0.4) is 0 Å². The van der Waals surface area contributed by atoms with E-state index in [0.29, 0.717) is 11.4 Å². The molecule has 3 nitrogen and oxygen atoms in total. The Kier molecular flexibility index (Phi) is 4.79. The molecule has 2 rings (SSSR count). The first kappa shape index (κ1) is 14.6. The van der Waals surface area contributed by atoms with Crippen molar-refractivity contribution in [2.45, 2.75) is 24.8 Å². The molecule has 0 aromatic heterocycles. The van der Waals surface area contributed by atoms with Crippen LogP contribution >= 0.6 is 11.8 Å². The summed E-state index contributed by atoms with van der Waals surface area (Å²) in [5, 5.41) is 3.38. The zero-order valence-electron chi connectivity index (χ0n) is 12.0. The van der Waals surface area contributed by atoms with Crippen molar-refractivity contribution in [3.63, 3.8) is 0 Å². The Morgan fingerprint density at radius 3 is 2.45 bits per heavy atom. The van der Waals surface area contributed by atoms with Crippen molar-refractivity contribution in [1.82, 2.24) is 0 Å². The van der Waals surface area contributed by atoms with Crippen LogP contribution in [-0.4, -0.2) is 12.4 Å². The number of hydrogen-bond donors (Lipinski definition) is 2. The number of anilines is 3. The summed E-state index contributed by atoms with van der Waals surface area (Å²) in [6.07, 6.45) is 2.16. The number of para-hydroxylation sites is 2. The fraction of sp³-hybridized carbons (Fsp3) is 0.250. The molecular formula is C16H20N2OS. The van der Waals surface area contributed by atoms with Crippen molar-refractivity contribution < 1.29 is 4.74 Å². The van der Waals surface area contributed by atoms with Gasteiger partial charge in [-0.05, 0) is 44.4 Å². The number of nitrogens with one attached hydrogen (secondary N) is 1. The van der Waals surface area contributed by atoms with Gasteiger partial charge >= 0.3 is 0 Å². The van der Waals surface area contributed by atoms with Crippen molar-refractivity contribution in [3.8, 4) is 5.75 Å². The molecule has 2 aromatic carbocycles. The molecule has 0 fully saturated rings. The summed E-state index contributed by atoms with van der Waals surface area (Å²) >= 11 is 1.70. The largest absolute Gasteiger partial charge is 0.489 e. The molecule has 0 heterocycles. The van der Waals surface area contributed by atoms with Crippen LogP contribution in [0.25, 0.3) is 0 Å². The monoisotopic (exact) mass is 288 g/mol. The van der Waals surface area contributed by atoms with Crippen LogP contribution in [0.1, 0.15) is 13.8 Å². The number of benzene rings is 2. The molecule has 3 N–H and O–H groups in total. The molecule has 4 heteroatoms. The predicted molar refractivity (Wildman–Crippen MR) is 88.1 cm³/mol. The number of nitrogen functional groups attached to an aromatic ring is 1. The quantitative estimate of drug-likeness (QED) is 0.627. The van der Waals surface area contributed by atoms with Gasteiger partial charge in [0, 0.05) is 4.90 Å². The van der Waals surface area contributed by atoms with Gasteiger partial charge in [-0.2, -0.15) is 0 Å². The topological polar surface area (TPSA) is 47.3 Å². The Balaban J connectivity index is 2.29. The molecule has 0 aliphatic rings. The molecule has 0 aliphatic heterocycles. The molecular weight excluding hydrogens is 268 g/mol. The first-order valence-electron chi connectivity index (χ1n) is 6.57. The average molecular weight is 288 g/mol. The van der Waals surface area contributed by atoms with Gasteiger partial charge in [-0.15, -0.1) is 11.8 Å². The van der Waals surface area contributed by atoms with Crippen LogP contribution in [0.5, 0.6) is 5.75 Å². The third-order valence-corrected chi connectivity index (χ3v) is 3.60. The molecule has 0 saturated heterocycles. The van der Waals surface area contributed by atoms with Crippen molar-refractivity contribution in [3.05, 3.63) is 42.5 Å². The summed E-state index contributed by atoms with van der Waals surface area (Å²) in [6.45, 7) is 3.98. The Hall–Kier alpha value is -1.81. The number of nitrogens with two attached hydrogens (primary N) is 1. The van der Waals surface area contributed by atoms with Crippen LogP contribution in [0, 0.1) is 0 Å². The fourth-order valence-electron chi connectivity index (χ4n) is 1.90. The van der Waals surface area contributed by atoms with Gasteiger partial charge in [-0.1, -0.05) is 18.2 Å². The van der Waals surface area contributed by atoms with Crippen molar-refractivity contribution >= 4 is 28.8 Å². The van der Waals surface area contributed by atoms with E-state index in [1.54, 1.807) is 11.8 Å². The van der Waals surface area contributed by atoms with E-state index in [1.165, 1.54) is 4.90 Å². The van der Waals surface area contributed by atoms with E-state index in [2.05, 4.69) is 17.6 Å². The third kappa shape index (κ3) is 3.39. The molecule has 0 saturated carbocycles. The van der Waals surface area contributed by atoms with E-state index in [9.17, 15) is 0 Å². The Bertz CT molecular complexity index is 584. The van der Waals surface area contributed by atoms with E-state index < -0.39 is 0 Å². The smallest absolute Gasteiger partial charge is 0.144 e. The summed E-state index contributed by atoms with van der Waals surface area (Å²) < 4.78 is 5.71. The van der Waals surface area contributed by atoms with Crippen molar-refractivity contribution in [1.29, 1.82) is 0 Å². The normalized spacial score (nSPS) is 10.6. The Morgan fingerprint density at radius 1 is 1.05 bits per heavy atom. The lowest BCUT2D eigenvalue weighted by atomic mass is 10.2. The van der Waals surface area contributed by atoms with Gasteiger partial charge in [0.15, 0.2) is 0 Å². The van der Waals surface area contributed by atoms with Crippen LogP contribution in [-0.2, 0) is 0 Å². The minimum absolute atomic E-state index is 0.103. The van der Waals surface area contributed by atoms with Crippen LogP contribution in [0.2, 0.25) is 0 Å². The lowest BCUT2D eigenvalue weighted by Crippen LogP contribution is -2.08. The summed E-state index contributed by atoms with van der Waals surface area (Å²) in [7, 11) is 0. The lowest BCUT2D eigenvalue weighted by molar-refractivity contribution is 0.244. The highest BCUT2D eigenvalue weighted by Gasteiger charge is 2.09. The summed E-state index contributed by atoms with van der Waals surface area (Å²) in [5.41, 5.74) is 8.73. The van der Waals surface area contributed by atoms with E-state index in [-0.39, 0.29) is 6.10 Å². The molecule has 20 heavy (non-hydrogen) atoms. The Morgan fingerprint density at radius 2 is 1.75 bits per heavy atom. The zero-order valence-corrected chi connectivity index (χ0v) is 12.8. The Labute approximate surface area is 124 Å². The summed E-state index contributed by atoms with van der Waals surface area (Å²) in [4.78, 5) is 1.18.